The van der Waals surface area contributed by atoms with E-state index in [0.717, 1.165) is 30.8 Å². The summed E-state index contributed by atoms with van der Waals surface area (Å²) in [5, 5.41) is 12.7. The van der Waals surface area contributed by atoms with Crippen LogP contribution in [0.2, 0.25) is 0 Å². The molecule has 0 fully saturated rings. The van der Waals surface area contributed by atoms with Crippen LogP contribution in [0, 0.1) is 0 Å². The van der Waals surface area contributed by atoms with Crippen molar-refractivity contribution in [3.05, 3.63) is 48.0 Å². The van der Waals surface area contributed by atoms with E-state index >= 15 is 0 Å². The van der Waals surface area contributed by atoms with Crippen LogP contribution < -0.4 is 4.90 Å². The first-order chi connectivity index (χ1) is 11.6. The molecule has 2 aromatic rings. The van der Waals surface area contributed by atoms with Crippen LogP contribution in [-0.2, 0) is 0 Å². The van der Waals surface area contributed by atoms with Crippen molar-refractivity contribution in [3.8, 4) is 0 Å². The molecule has 5 heteroatoms. The molecule has 0 bridgehead atoms. The zero-order valence-corrected chi connectivity index (χ0v) is 15.2. The van der Waals surface area contributed by atoms with Gasteiger partial charge in [-0.05, 0) is 52.2 Å². The van der Waals surface area contributed by atoms with Crippen LogP contribution >= 0.6 is 11.8 Å². The molecule has 1 aliphatic heterocycles. The van der Waals surface area contributed by atoms with E-state index in [-0.39, 0.29) is 0 Å². The molecule has 0 amide bonds. The quantitative estimate of drug-likeness (QED) is 0.496. The highest BCUT2D eigenvalue weighted by Crippen LogP contribution is 2.49. The zero-order valence-electron chi connectivity index (χ0n) is 14.4. The molecule has 0 atom stereocenters. The normalized spacial score (nSPS) is 13.8. The Kier molecular flexibility index (Phi) is 5.11. The van der Waals surface area contributed by atoms with Crippen LogP contribution in [-0.4, -0.2) is 43.0 Å². The van der Waals surface area contributed by atoms with Gasteiger partial charge in [-0.3, -0.25) is 0 Å². The first kappa shape index (κ1) is 16.9. The van der Waals surface area contributed by atoms with Crippen molar-refractivity contribution < 1.29 is 5.21 Å². The van der Waals surface area contributed by atoms with E-state index in [2.05, 4.69) is 59.4 Å². The van der Waals surface area contributed by atoms with Gasteiger partial charge in [-0.2, -0.15) is 0 Å². The number of hydrogen-bond donors (Lipinski definition) is 1. The first-order valence-electron chi connectivity index (χ1n) is 8.13. The van der Waals surface area contributed by atoms with Gasteiger partial charge in [0, 0.05) is 21.9 Å². The molecule has 1 heterocycles. The predicted octanol–water partition coefficient (Wildman–Crippen LogP) is 4.44. The molecular formula is C19H23N3OS. The third kappa shape index (κ3) is 3.28. The van der Waals surface area contributed by atoms with Gasteiger partial charge in [0.15, 0.2) is 0 Å². The van der Waals surface area contributed by atoms with Crippen molar-refractivity contribution >= 4 is 28.8 Å². The molecule has 0 unspecified atom stereocenters. The van der Waals surface area contributed by atoms with E-state index in [9.17, 15) is 5.21 Å². The number of benzene rings is 2. The lowest BCUT2D eigenvalue weighted by atomic mass is 10.1. The number of nitrogens with zero attached hydrogens (tertiary/aromatic N) is 3. The first-order valence-corrected chi connectivity index (χ1v) is 8.94. The number of rotatable bonds is 5. The second-order valence-electron chi connectivity index (χ2n) is 6.22. The van der Waals surface area contributed by atoms with Gasteiger partial charge < -0.3 is 15.0 Å². The van der Waals surface area contributed by atoms with Gasteiger partial charge in [-0.25, -0.2) is 0 Å². The highest BCUT2D eigenvalue weighted by Gasteiger charge is 2.26. The highest BCUT2D eigenvalue weighted by atomic mass is 32.2. The Balaban J connectivity index is 2.06. The largest absolute Gasteiger partial charge is 0.411 e. The van der Waals surface area contributed by atoms with E-state index in [1.165, 1.54) is 15.5 Å². The molecule has 0 aliphatic carbocycles. The van der Waals surface area contributed by atoms with Gasteiger partial charge in [0.05, 0.1) is 17.1 Å². The molecule has 0 saturated heterocycles. The fourth-order valence-corrected chi connectivity index (χ4v) is 4.14. The lowest BCUT2D eigenvalue weighted by Crippen LogP contribution is -2.26. The van der Waals surface area contributed by atoms with E-state index in [1.807, 2.05) is 19.1 Å². The number of oxime groups is 1. The molecule has 126 valence electrons. The van der Waals surface area contributed by atoms with Crippen molar-refractivity contribution in [1.82, 2.24) is 4.90 Å². The van der Waals surface area contributed by atoms with Gasteiger partial charge in [0.1, 0.15) is 0 Å². The van der Waals surface area contributed by atoms with Gasteiger partial charge in [-0.1, -0.05) is 41.2 Å². The van der Waals surface area contributed by atoms with E-state index in [0.29, 0.717) is 5.71 Å². The second-order valence-corrected chi connectivity index (χ2v) is 7.30. The minimum atomic E-state index is 0.643. The molecule has 0 saturated carbocycles. The predicted molar refractivity (Wildman–Crippen MR) is 101 cm³/mol. The Morgan fingerprint density at radius 1 is 1.12 bits per heavy atom. The average molecular weight is 341 g/mol. The average Bonchev–Trinajstić information content (AvgIpc) is 2.59. The summed E-state index contributed by atoms with van der Waals surface area (Å²) in [6.07, 6.45) is 1.06. The zero-order chi connectivity index (χ0) is 17.1. The minimum absolute atomic E-state index is 0.643. The van der Waals surface area contributed by atoms with Crippen LogP contribution in [0.3, 0.4) is 0 Å². The summed E-state index contributed by atoms with van der Waals surface area (Å²) < 4.78 is 0. The molecule has 0 aromatic heterocycles. The van der Waals surface area contributed by atoms with Crippen molar-refractivity contribution in [1.29, 1.82) is 0 Å². The topological polar surface area (TPSA) is 39.1 Å². The van der Waals surface area contributed by atoms with Crippen LogP contribution in [0.4, 0.5) is 11.4 Å². The lowest BCUT2D eigenvalue weighted by Gasteiger charge is -2.34. The van der Waals surface area contributed by atoms with Crippen LogP contribution in [0.5, 0.6) is 0 Å². The van der Waals surface area contributed by atoms with E-state index in [4.69, 9.17) is 0 Å². The van der Waals surface area contributed by atoms with Crippen molar-refractivity contribution in [2.75, 3.05) is 32.1 Å². The smallest absolute Gasteiger partial charge is 0.0858 e. The Labute approximate surface area is 147 Å². The van der Waals surface area contributed by atoms with Crippen molar-refractivity contribution in [2.24, 2.45) is 5.16 Å². The fraction of sp³-hybridized carbons (Fsp3) is 0.316. The number of hydrogen-bond acceptors (Lipinski definition) is 5. The maximum Gasteiger partial charge on any atom is 0.0858 e. The molecular weight excluding hydrogens is 318 g/mol. The van der Waals surface area contributed by atoms with E-state index in [1.54, 1.807) is 11.8 Å². The summed E-state index contributed by atoms with van der Waals surface area (Å²) in [5.74, 6) is 0. The Bertz CT molecular complexity index is 758. The SMILES string of the molecule is C/C(=N\O)c1cccc2c1N(CCCN(C)C)c1ccccc1S2. The summed E-state index contributed by atoms with van der Waals surface area (Å²) in [6, 6.07) is 14.7. The van der Waals surface area contributed by atoms with E-state index < -0.39 is 0 Å². The van der Waals surface area contributed by atoms with Crippen molar-refractivity contribution in [3.63, 3.8) is 0 Å². The Morgan fingerprint density at radius 2 is 1.88 bits per heavy atom. The molecule has 1 aliphatic rings. The summed E-state index contributed by atoms with van der Waals surface area (Å²) >= 11 is 1.78. The molecule has 2 aromatic carbocycles. The number of para-hydroxylation sites is 2. The molecule has 1 N–H and O–H groups in total. The summed E-state index contributed by atoms with van der Waals surface area (Å²) in [7, 11) is 4.20. The Hall–Kier alpha value is -1.98. The van der Waals surface area contributed by atoms with Gasteiger partial charge in [0.2, 0.25) is 0 Å². The fourth-order valence-electron chi connectivity index (χ4n) is 3.01. The number of anilines is 2. The van der Waals surface area contributed by atoms with Crippen LogP contribution in [0.25, 0.3) is 0 Å². The van der Waals surface area contributed by atoms with Gasteiger partial charge in [-0.15, -0.1) is 0 Å². The molecule has 0 spiro atoms. The highest BCUT2D eigenvalue weighted by molar-refractivity contribution is 7.99. The monoisotopic (exact) mass is 341 g/mol. The van der Waals surface area contributed by atoms with Crippen molar-refractivity contribution in [2.45, 2.75) is 23.1 Å². The van der Waals surface area contributed by atoms with Gasteiger partial charge in [0.25, 0.3) is 0 Å². The molecule has 0 radical (unpaired) electrons. The second kappa shape index (κ2) is 7.28. The standard InChI is InChI=1S/C19H23N3OS/c1-14(20-23)15-8-6-11-18-19(15)22(13-7-12-21(2)3)16-9-4-5-10-17(16)24-18/h4-6,8-11,23H,7,12-13H2,1-3H3/b20-14+. The third-order valence-corrected chi connectivity index (χ3v) is 5.29. The Morgan fingerprint density at radius 3 is 2.62 bits per heavy atom. The summed E-state index contributed by atoms with van der Waals surface area (Å²) in [5.41, 5.74) is 4.01. The molecule has 3 rings (SSSR count). The minimum Gasteiger partial charge on any atom is -0.411 e. The van der Waals surface area contributed by atoms with Crippen LogP contribution in [0.1, 0.15) is 18.9 Å². The third-order valence-electron chi connectivity index (χ3n) is 4.17. The molecule has 24 heavy (non-hydrogen) atoms. The summed E-state index contributed by atoms with van der Waals surface area (Å²) in [6.45, 7) is 3.81. The molecule has 4 nitrogen and oxygen atoms in total. The number of fused-ring (bicyclic) bond motifs is 2. The lowest BCUT2D eigenvalue weighted by molar-refractivity contribution is 0.319. The summed E-state index contributed by atoms with van der Waals surface area (Å²) in [4.78, 5) is 7.05. The maximum absolute atomic E-state index is 9.28. The van der Waals surface area contributed by atoms with Crippen LogP contribution in [0.15, 0.2) is 57.4 Å². The van der Waals surface area contributed by atoms with Gasteiger partial charge >= 0.3 is 0 Å². The maximum atomic E-state index is 9.28.